The highest BCUT2D eigenvalue weighted by Crippen LogP contribution is 2.19. The number of amides is 1. The molecule has 0 unspecified atom stereocenters. The number of carbonyl (C=O) groups excluding carboxylic acids is 1. The van der Waals surface area contributed by atoms with Crippen LogP contribution in [-0.4, -0.2) is 20.8 Å². The highest BCUT2D eigenvalue weighted by Gasteiger charge is 2.18. The van der Waals surface area contributed by atoms with E-state index in [9.17, 15) is 9.59 Å². The van der Waals surface area contributed by atoms with E-state index in [0.29, 0.717) is 17.9 Å². The van der Waals surface area contributed by atoms with Crippen molar-refractivity contribution in [1.29, 1.82) is 0 Å². The van der Waals surface area contributed by atoms with Crippen molar-refractivity contribution in [2.24, 2.45) is 0 Å². The molecule has 1 aromatic carbocycles. The second-order valence-corrected chi connectivity index (χ2v) is 5.99. The minimum atomic E-state index is -0.238. The molecule has 1 aromatic heterocycles. The number of hydrogen-bond acceptors (Lipinski definition) is 3. The Kier molecular flexibility index (Phi) is 4.10. The Bertz CT molecular complexity index is 821. The molecule has 2 aromatic rings. The normalized spacial score (nSPS) is 13.3. The molecule has 5 heteroatoms. The summed E-state index contributed by atoms with van der Waals surface area (Å²) in [6.07, 6.45) is 5.25. The lowest BCUT2D eigenvalue weighted by Gasteiger charge is -2.23. The molecule has 0 atom stereocenters. The second-order valence-electron chi connectivity index (χ2n) is 5.99. The summed E-state index contributed by atoms with van der Waals surface area (Å²) in [5, 5.41) is 0. The molecule has 2 heterocycles. The fourth-order valence-corrected chi connectivity index (χ4v) is 2.54. The lowest BCUT2D eigenvalue weighted by molar-refractivity contribution is -0.128. The highest BCUT2D eigenvalue weighted by molar-refractivity contribution is 5.81. The van der Waals surface area contributed by atoms with Gasteiger partial charge < -0.3 is 9.88 Å². The Morgan fingerprint density at radius 2 is 2.13 bits per heavy atom. The molecule has 0 fully saturated rings. The summed E-state index contributed by atoms with van der Waals surface area (Å²) in [4.78, 5) is 33.1. The molecule has 0 saturated carbocycles. The minimum absolute atomic E-state index is 0.0488. The van der Waals surface area contributed by atoms with Gasteiger partial charge in [-0.1, -0.05) is 38.1 Å². The SMILES string of the molecule is CC(C)c1ncc(CC(=O)N2C=Cc3ccccc3C2)c(=O)[nH]1. The summed E-state index contributed by atoms with van der Waals surface area (Å²) in [5.41, 5.74) is 2.38. The molecule has 0 bridgehead atoms. The van der Waals surface area contributed by atoms with Crippen LogP contribution in [0.15, 0.2) is 41.5 Å². The number of aromatic amines is 1. The van der Waals surface area contributed by atoms with Gasteiger partial charge in [-0.25, -0.2) is 4.98 Å². The zero-order chi connectivity index (χ0) is 16.4. The maximum Gasteiger partial charge on any atom is 0.254 e. The third-order valence-corrected chi connectivity index (χ3v) is 3.93. The number of rotatable bonds is 3. The van der Waals surface area contributed by atoms with Crippen LogP contribution < -0.4 is 5.56 Å². The van der Waals surface area contributed by atoms with Gasteiger partial charge in [-0.05, 0) is 17.2 Å². The van der Waals surface area contributed by atoms with Crippen LogP contribution in [0.4, 0.5) is 0 Å². The smallest absolute Gasteiger partial charge is 0.254 e. The van der Waals surface area contributed by atoms with Crippen molar-refractivity contribution in [2.75, 3.05) is 0 Å². The predicted octanol–water partition coefficient (Wildman–Crippen LogP) is 2.45. The summed E-state index contributed by atoms with van der Waals surface area (Å²) in [5.74, 6) is 0.673. The first-order valence-electron chi connectivity index (χ1n) is 7.68. The topological polar surface area (TPSA) is 66.1 Å². The summed E-state index contributed by atoms with van der Waals surface area (Å²) in [7, 11) is 0. The maximum atomic E-state index is 12.4. The molecule has 0 aliphatic carbocycles. The summed E-state index contributed by atoms with van der Waals surface area (Å²) in [6.45, 7) is 4.44. The van der Waals surface area contributed by atoms with Crippen LogP contribution in [0.2, 0.25) is 0 Å². The summed E-state index contributed by atoms with van der Waals surface area (Å²) < 4.78 is 0. The second kappa shape index (κ2) is 6.20. The van der Waals surface area contributed by atoms with Gasteiger partial charge in [0.15, 0.2) is 0 Å². The van der Waals surface area contributed by atoms with E-state index in [1.54, 1.807) is 11.1 Å². The first kappa shape index (κ1) is 15.2. The Hall–Kier alpha value is -2.69. The van der Waals surface area contributed by atoms with Gasteiger partial charge in [-0.15, -0.1) is 0 Å². The van der Waals surface area contributed by atoms with Crippen molar-refractivity contribution in [2.45, 2.75) is 32.7 Å². The Morgan fingerprint density at radius 1 is 1.35 bits per heavy atom. The number of benzene rings is 1. The van der Waals surface area contributed by atoms with Gasteiger partial charge in [0.1, 0.15) is 5.82 Å². The molecular formula is C18H19N3O2. The zero-order valence-electron chi connectivity index (χ0n) is 13.2. The van der Waals surface area contributed by atoms with Gasteiger partial charge in [0.25, 0.3) is 5.56 Å². The molecule has 23 heavy (non-hydrogen) atoms. The van der Waals surface area contributed by atoms with Crippen molar-refractivity contribution in [3.8, 4) is 0 Å². The fourth-order valence-electron chi connectivity index (χ4n) is 2.54. The highest BCUT2D eigenvalue weighted by atomic mass is 16.2. The van der Waals surface area contributed by atoms with E-state index in [4.69, 9.17) is 0 Å². The molecular weight excluding hydrogens is 290 g/mol. The van der Waals surface area contributed by atoms with Crippen LogP contribution in [0, 0.1) is 0 Å². The minimum Gasteiger partial charge on any atom is -0.314 e. The third-order valence-electron chi connectivity index (χ3n) is 3.93. The molecule has 118 valence electrons. The van der Waals surface area contributed by atoms with Gasteiger partial charge in [0, 0.05) is 23.9 Å². The number of carbonyl (C=O) groups is 1. The van der Waals surface area contributed by atoms with Crippen LogP contribution in [0.25, 0.3) is 6.08 Å². The molecule has 3 rings (SSSR count). The average molecular weight is 309 g/mol. The third kappa shape index (κ3) is 3.23. The number of hydrogen-bond donors (Lipinski definition) is 1. The van der Waals surface area contributed by atoms with Crippen molar-refractivity contribution in [3.05, 3.63) is 69.5 Å². The maximum absolute atomic E-state index is 12.4. The molecule has 1 aliphatic heterocycles. The van der Waals surface area contributed by atoms with Crippen LogP contribution in [0.1, 0.15) is 42.3 Å². The zero-order valence-corrected chi connectivity index (χ0v) is 13.2. The first-order chi connectivity index (χ1) is 11.0. The molecule has 5 nitrogen and oxygen atoms in total. The average Bonchev–Trinajstić information content (AvgIpc) is 2.56. The van der Waals surface area contributed by atoms with E-state index in [2.05, 4.69) is 9.97 Å². The number of aromatic nitrogens is 2. The van der Waals surface area contributed by atoms with Gasteiger partial charge in [-0.2, -0.15) is 0 Å². The number of nitrogens with zero attached hydrogens (tertiary/aromatic N) is 2. The molecule has 1 aliphatic rings. The largest absolute Gasteiger partial charge is 0.314 e. The van der Waals surface area contributed by atoms with E-state index in [0.717, 1.165) is 11.1 Å². The van der Waals surface area contributed by atoms with Crippen molar-refractivity contribution in [3.63, 3.8) is 0 Å². The quantitative estimate of drug-likeness (QED) is 0.947. The van der Waals surface area contributed by atoms with E-state index >= 15 is 0 Å². The van der Waals surface area contributed by atoms with Gasteiger partial charge in [-0.3, -0.25) is 9.59 Å². The molecule has 0 spiro atoms. The predicted molar refractivity (Wildman–Crippen MR) is 88.7 cm³/mol. The standard InChI is InChI=1S/C18H19N3O2/c1-12(2)17-19-10-15(18(23)20-17)9-16(22)21-8-7-13-5-3-4-6-14(13)11-21/h3-8,10,12H,9,11H2,1-2H3,(H,19,20,23). The number of H-pyrrole nitrogens is 1. The lowest BCUT2D eigenvalue weighted by atomic mass is 10.0. The molecule has 1 amide bonds. The van der Waals surface area contributed by atoms with Gasteiger partial charge in [0.05, 0.1) is 13.0 Å². The van der Waals surface area contributed by atoms with Crippen LogP contribution in [0.5, 0.6) is 0 Å². The van der Waals surface area contributed by atoms with Gasteiger partial charge in [0.2, 0.25) is 5.91 Å². The van der Waals surface area contributed by atoms with E-state index in [1.807, 2.05) is 44.2 Å². The lowest BCUT2D eigenvalue weighted by Crippen LogP contribution is -2.31. The van der Waals surface area contributed by atoms with Gasteiger partial charge >= 0.3 is 0 Å². The fraction of sp³-hybridized carbons (Fsp3) is 0.278. The van der Waals surface area contributed by atoms with Crippen LogP contribution in [0.3, 0.4) is 0 Å². The monoisotopic (exact) mass is 309 g/mol. The number of fused-ring (bicyclic) bond motifs is 1. The van der Waals surface area contributed by atoms with E-state index < -0.39 is 0 Å². The molecule has 0 saturated heterocycles. The number of nitrogens with one attached hydrogen (secondary N) is 1. The van der Waals surface area contributed by atoms with Crippen LogP contribution in [-0.2, 0) is 17.8 Å². The Morgan fingerprint density at radius 3 is 2.87 bits per heavy atom. The summed E-state index contributed by atoms with van der Waals surface area (Å²) in [6, 6.07) is 7.96. The van der Waals surface area contributed by atoms with E-state index in [1.165, 1.54) is 6.20 Å². The van der Waals surface area contributed by atoms with Crippen LogP contribution >= 0.6 is 0 Å². The Labute approximate surface area is 134 Å². The Balaban J connectivity index is 1.75. The molecule has 0 radical (unpaired) electrons. The van der Waals surface area contributed by atoms with Crippen molar-refractivity contribution >= 4 is 12.0 Å². The van der Waals surface area contributed by atoms with Crippen molar-refractivity contribution < 1.29 is 4.79 Å². The molecule has 1 N–H and O–H groups in total. The van der Waals surface area contributed by atoms with Crippen molar-refractivity contribution in [1.82, 2.24) is 14.9 Å². The first-order valence-corrected chi connectivity index (χ1v) is 7.68. The van der Waals surface area contributed by atoms with E-state index in [-0.39, 0.29) is 23.8 Å². The summed E-state index contributed by atoms with van der Waals surface area (Å²) >= 11 is 0.